The Balaban J connectivity index is 5.46. The molecule has 0 heterocycles. The molecule has 0 aromatic carbocycles. The number of amides is 4. The molecule has 13 nitrogen and oxygen atoms in total. The highest BCUT2D eigenvalue weighted by Crippen LogP contribution is 2.10. The summed E-state index contributed by atoms with van der Waals surface area (Å²) in [6.45, 7) is 6.67. The average molecular weight is 474 g/mol. The third-order valence-electron chi connectivity index (χ3n) is 5.07. The Morgan fingerprint density at radius 2 is 1.39 bits per heavy atom. The van der Waals surface area contributed by atoms with Crippen molar-refractivity contribution in [3.8, 4) is 0 Å². The van der Waals surface area contributed by atoms with Crippen LogP contribution in [0.1, 0.15) is 53.4 Å². The second-order valence-electron chi connectivity index (χ2n) is 8.21. The van der Waals surface area contributed by atoms with Crippen molar-refractivity contribution in [3.63, 3.8) is 0 Å². The minimum Gasteiger partial charge on any atom is -0.481 e. The molecule has 33 heavy (non-hydrogen) atoms. The highest BCUT2D eigenvalue weighted by atomic mass is 16.4. The summed E-state index contributed by atoms with van der Waals surface area (Å²) < 4.78 is 0. The van der Waals surface area contributed by atoms with Crippen molar-refractivity contribution in [1.82, 2.24) is 16.0 Å². The van der Waals surface area contributed by atoms with E-state index in [0.29, 0.717) is 6.42 Å². The molecule has 0 spiro atoms. The van der Waals surface area contributed by atoms with E-state index >= 15 is 0 Å². The first-order valence-electron chi connectivity index (χ1n) is 10.6. The number of carboxylic acids is 2. The van der Waals surface area contributed by atoms with Crippen LogP contribution in [0.15, 0.2) is 0 Å². The predicted octanol–water partition coefficient (Wildman–Crippen LogP) is -1.70. The van der Waals surface area contributed by atoms with E-state index in [2.05, 4.69) is 16.0 Å². The molecule has 0 aromatic heterocycles. The molecular formula is C20H35N5O8. The second-order valence-corrected chi connectivity index (χ2v) is 8.21. The summed E-state index contributed by atoms with van der Waals surface area (Å²) in [4.78, 5) is 71.3. The van der Waals surface area contributed by atoms with Crippen molar-refractivity contribution >= 4 is 35.6 Å². The summed E-state index contributed by atoms with van der Waals surface area (Å²) in [5.41, 5.74) is 10.8. The van der Waals surface area contributed by atoms with Crippen molar-refractivity contribution in [2.75, 3.05) is 0 Å². The molecule has 0 rings (SSSR count). The molecule has 0 aliphatic rings. The van der Waals surface area contributed by atoms with E-state index in [4.69, 9.17) is 16.6 Å². The Morgan fingerprint density at radius 3 is 1.82 bits per heavy atom. The van der Waals surface area contributed by atoms with Gasteiger partial charge in [-0.25, -0.2) is 4.79 Å². The number of hydrogen-bond donors (Lipinski definition) is 7. The van der Waals surface area contributed by atoms with Crippen LogP contribution in [-0.4, -0.2) is 69.9 Å². The summed E-state index contributed by atoms with van der Waals surface area (Å²) in [6.07, 6.45) is -0.682. The van der Waals surface area contributed by atoms with Crippen LogP contribution in [0.5, 0.6) is 0 Å². The van der Waals surface area contributed by atoms with Crippen LogP contribution in [0.2, 0.25) is 0 Å². The van der Waals surface area contributed by atoms with E-state index in [1.807, 2.05) is 0 Å². The Labute approximate surface area is 192 Å². The van der Waals surface area contributed by atoms with Crippen LogP contribution in [0.4, 0.5) is 0 Å². The smallest absolute Gasteiger partial charge is 0.326 e. The molecule has 5 atom stereocenters. The molecule has 0 radical (unpaired) electrons. The minimum atomic E-state index is -1.47. The zero-order chi connectivity index (χ0) is 25.9. The standard InChI is InChI=1S/C20H35N5O8/c1-5-10(4)16(20(32)33)25-19(31)15(9(2)3)24-18(30)12(8-13(22)26)23-17(29)11(21)6-7-14(27)28/h9-12,15-16H,5-8,21H2,1-4H3,(H2,22,26)(H,23,29)(H,24,30)(H,25,31)(H,27,28)(H,32,33). The lowest BCUT2D eigenvalue weighted by Gasteiger charge is -2.28. The third kappa shape index (κ3) is 10.8. The molecule has 0 saturated heterocycles. The zero-order valence-corrected chi connectivity index (χ0v) is 19.3. The maximum absolute atomic E-state index is 12.8. The fourth-order valence-electron chi connectivity index (χ4n) is 2.81. The van der Waals surface area contributed by atoms with E-state index in [9.17, 15) is 33.9 Å². The van der Waals surface area contributed by atoms with E-state index in [-0.39, 0.29) is 18.8 Å². The first-order chi connectivity index (χ1) is 15.2. The highest BCUT2D eigenvalue weighted by Gasteiger charge is 2.33. The summed E-state index contributed by atoms with van der Waals surface area (Å²) >= 11 is 0. The number of carbonyl (C=O) groups is 6. The van der Waals surface area contributed by atoms with E-state index < -0.39 is 72.1 Å². The molecule has 0 saturated carbocycles. The lowest BCUT2D eigenvalue weighted by molar-refractivity contribution is -0.144. The first-order valence-corrected chi connectivity index (χ1v) is 10.6. The van der Waals surface area contributed by atoms with E-state index in [1.165, 1.54) is 0 Å². The number of nitrogens with two attached hydrogens (primary N) is 2. The molecule has 0 aliphatic carbocycles. The third-order valence-corrected chi connectivity index (χ3v) is 5.07. The van der Waals surface area contributed by atoms with Gasteiger partial charge in [0.2, 0.25) is 23.6 Å². The quantitative estimate of drug-likeness (QED) is 0.143. The van der Waals surface area contributed by atoms with E-state index in [0.717, 1.165) is 0 Å². The lowest BCUT2D eigenvalue weighted by Crippen LogP contribution is -2.59. The Hall–Kier alpha value is -3.22. The fraction of sp³-hybridized carbons (Fsp3) is 0.700. The van der Waals surface area contributed by atoms with Crippen molar-refractivity contribution < 1.29 is 39.0 Å². The molecule has 0 bridgehead atoms. The molecule has 9 N–H and O–H groups in total. The Bertz CT molecular complexity index is 742. The van der Waals surface area contributed by atoms with Gasteiger partial charge < -0.3 is 37.6 Å². The number of rotatable bonds is 15. The molecule has 0 aromatic rings. The lowest BCUT2D eigenvalue weighted by atomic mass is 9.97. The predicted molar refractivity (Wildman–Crippen MR) is 116 cm³/mol. The van der Waals surface area contributed by atoms with Crippen LogP contribution in [0.25, 0.3) is 0 Å². The number of carboxylic acid groups (broad SMARTS) is 2. The number of primary amides is 1. The number of aliphatic carboxylic acids is 2. The summed E-state index contributed by atoms with van der Waals surface area (Å²) in [5.74, 6) is -6.65. The fourth-order valence-corrected chi connectivity index (χ4v) is 2.81. The number of nitrogens with one attached hydrogen (secondary N) is 3. The van der Waals surface area contributed by atoms with Gasteiger partial charge in [0.25, 0.3) is 0 Å². The number of hydrogen-bond acceptors (Lipinski definition) is 7. The van der Waals surface area contributed by atoms with Gasteiger partial charge in [0.1, 0.15) is 18.1 Å². The zero-order valence-electron chi connectivity index (χ0n) is 19.3. The molecule has 5 unspecified atom stereocenters. The largest absolute Gasteiger partial charge is 0.481 e. The van der Waals surface area contributed by atoms with Crippen LogP contribution in [0, 0.1) is 11.8 Å². The van der Waals surface area contributed by atoms with Gasteiger partial charge in [0.05, 0.1) is 12.5 Å². The monoisotopic (exact) mass is 473 g/mol. The molecule has 0 aliphatic heterocycles. The van der Waals surface area contributed by atoms with Gasteiger partial charge in [-0.2, -0.15) is 0 Å². The van der Waals surface area contributed by atoms with Crippen molar-refractivity contribution in [2.45, 2.75) is 77.5 Å². The van der Waals surface area contributed by atoms with Gasteiger partial charge in [-0.3, -0.25) is 24.0 Å². The van der Waals surface area contributed by atoms with Crippen molar-refractivity contribution in [3.05, 3.63) is 0 Å². The highest BCUT2D eigenvalue weighted by molar-refractivity contribution is 5.96. The Kier molecular flexibility index (Phi) is 12.7. The maximum Gasteiger partial charge on any atom is 0.326 e. The number of carbonyl (C=O) groups excluding carboxylic acids is 4. The normalized spacial score (nSPS) is 15.5. The molecular weight excluding hydrogens is 438 g/mol. The molecule has 188 valence electrons. The van der Waals surface area contributed by atoms with Gasteiger partial charge in [-0.05, 0) is 18.3 Å². The molecule has 4 amide bonds. The topological polar surface area (TPSA) is 231 Å². The van der Waals surface area contributed by atoms with Crippen LogP contribution >= 0.6 is 0 Å². The van der Waals surface area contributed by atoms with Crippen molar-refractivity contribution in [1.29, 1.82) is 0 Å². The SMILES string of the molecule is CCC(C)C(NC(=O)C(NC(=O)C(CC(N)=O)NC(=O)C(N)CCC(=O)O)C(C)C)C(=O)O. The summed E-state index contributed by atoms with van der Waals surface area (Å²) in [6, 6.07) is -5.06. The van der Waals surface area contributed by atoms with Gasteiger partial charge in [-0.1, -0.05) is 34.1 Å². The summed E-state index contributed by atoms with van der Waals surface area (Å²) in [7, 11) is 0. The first kappa shape index (κ1) is 29.8. The average Bonchev–Trinajstić information content (AvgIpc) is 2.71. The second kappa shape index (κ2) is 14.0. The maximum atomic E-state index is 12.8. The van der Waals surface area contributed by atoms with Crippen LogP contribution < -0.4 is 27.4 Å². The molecule has 0 fully saturated rings. The molecule has 13 heteroatoms. The Morgan fingerprint density at radius 1 is 0.848 bits per heavy atom. The van der Waals surface area contributed by atoms with Gasteiger partial charge in [-0.15, -0.1) is 0 Å². The van der Waals surface area contributed by atoms with Crippen LogP contribution in [0.3, 0.4) is 0 Å². The van der Waals surface area contributed by atoms with Gasteiger partial charge in [0, 0.05) is 6.42 Å². The van der Waals surface area contributed by atoms with Gasteiger partial charge in [0.15, 0.2) is 0 Å². The van der Waals surface area contributed by atoms with Crippen molar-refractivity contribution in [2.24, 2.45) is 23.3 Å². The minimum absolute atomic E-state index is 0.199. The summed E-state index contributed by atoms with van der Waals surface area (Å²) in [5, 5.41) is 25.2. The van der Waals surface area contributed by atoms with E-state index in [1.54, 1.807) is 27.7 Å². The van der Waals surface area contributed by atoms with Crippen LogP contribution in [-0.2, 0) is 28.8 Å². The van der Waals surface area contributed by atoms with Gasteiger partial charge >= 0.3 is 11.9 Å².